The first-order valence-electron chi connectivity index (χ1n) is 3.73. The zero-order valence-corrected chi connectivity index (χ0v) is 6.56. The summed E-state index contributed by atoms with van der Waals surface area (Å²) in [4.78, 5) is 21.7. The van der Waals surface area contributed by atoms with E-state index in [9.17, 15) is 9.59 Å². The van der Waals surface area contributed by atoms with E-state index in [0.29, 0.717) is 11.1 Å². The number of rotatable bonds is 1. The van der Waals surface area contributed by atoms with Gasteiger partial charge in [-0.3, -0.25) is 0 Å². The second kappa shape index (κ2) is 2.58. The molecule has 1 aliphatic rings. The number of esters is 1. The van der Waals surface area contributed by atoms with Gasteiger partial charge in [-0.2, -0.15) is 0 Å². The number of carbonyl (C=O) groups is 2. The number of benzene rings is 1. The third kappa shape index (κ3) is 1.07. The summed E-state index contributed by atoms with van der Waals surface area (Å²) in [6, 6.07) is 6.49. The maximum atomic E-state index is 11.1. The van der Waals surface area contributed by atoms with Crippen LogP contribution in [-0.2, 0) is 9.53 Å². The number of fused-ring (bicyclic) bond motifs is 1. The van der Waals surface area contributed by atoms with Crippen molar-refractivity contribution in [1.29, 1.82) is 0 Å². The average molecular weight is 178 g/mol. The van der Waals surface area contributed by atoms with Crippen LogP contribution in [0.15, 0.2) is 24.3 Å². The molecule has 4 nitrogen and oxygen atoms in total. The second-order valence-electron chi connectivity index (χ2n) is 2.71. The molecule has 1 atom stereocenters. The fraction of sp³-hybridized carbons (Fsp3) is 0.111. The van der Waals surface area contributed by atoms with Crippen LogP contribution >= 0.6 is 0 Å². The third-order valence-electron chi connectivity index (χ3n) is 1.91. The van der Waals surface area contributed by atoms with E-state index >= 15 is 0 Å². The van der Waals surface area contributed by atoms with Crippen LogP contribution in [0.1, 0.15) is 22.0 Å². The summed E-state index contributed by atoms with van der Waals surface area (Å²) in [6.45, 7) is 0. The number of carboxylic acids is 1. The molecule has 66 valence electrons. The lowest BCUT2D eigenvalue weighted by atomic mass is 10.1. The Morgan fingerprint density at radius 2 is 2.08 bits per heavy atom. The lowest BCUT2D eigenvalue weighted by Gasteiger charge is -2.02. The van der Waals surface area contributed by atoms with Gasteiger partial charge in [0.1, 0.15) is 0 Å². The van der Waals surface area contributed by atoms with Crippen molar-refractivity contribution in [2.75, 3.05) is 0 Å². The predicted octanol–water partition coefficient (Wildman–Crippen LogP) is 0.983. The molecule has 1 aliphatic heterocycles. The van der Waals surface area contributed by atoms with Crippen LogP contribution in [0, 0.1) is 0 Å². The van der Waals surface area contributed by atoms with E-state index in [-0.39, 0.29) is 0 Å². The number of aliphatic carboxylic acids is 1. The van der Waals surface area contributed by atoms with Crippen molar-refractivity contribution in [3.05, 3.63) is 35.4 Å². The molecule has 0 aromatic heterocycles. The first kappa shape index (κ1) is 7.79. The summed E-state index contributed by atoms with van der Waals surface area (Å²) in [5.41, 5.74) is 0.773. The zero-order valence-electron chi connectivity index (χ0n) is 6.56. The molecule has 0 radical (unpaired) electrons. The minimum Gasteiger partial charge on any atom is -0.478 e. The highest BCUT2D eigenvalue weighted by Gasteiger charge is 2.35. The van der Waals surface area contributed by atoms with Crippen molar-refractivity contribution in [3.63, 3.8) is 0 Å². The molecular weight excluding hydrogens is 172 g/mol. The smallest absolute Gasteiger partial charge is 0.349 e. The Balaban J connectivity index is 2.53. The number of hydrogen-bond donors (Lipinski definition) is 1. The monoisotopic (exact) mass is 178 g/mol. The lowest BCUT2D eigenvalue weighted by Crippen LogP contribution is -2.10. The summed E-state index contributed by atoms with van der Waals surface area (Å²) in [5.74, 6) is -1.71. The Kier molecular flexibility index (Phi) is 1.55. The van der Waals surface area contributed by atoms with Crippen LogP contribution in [0.5, 0.6) is 0 Å². The normalized spacial score (nSPS) is 19.4. The quantitative estimate of drug-likeness (QED) is 0.651. The van der Waals surface area contributed by atoms with Gasteiger partial charge in [0.25, 0.3) is 0 Å². The average Bonchev–Trinajstić information content (AvgIpc) is 2.45. The largest absolute Gasteiger partial charge is 0.478 e. The molecule has 0 amide bonds. The van der Waals surface area contributed by atoms with Gasteiger partial charge in [0.2, 0.25) is 6.10 Å². The van der Waals surface area contributed by atoms with Crippen LogP contribution in [-0.4, -0.2) is 17.0 Å². The van der Waals surface area contributed by atoms with Gasteiger partial charge in [-0.1, -0.05) is 18.2 Å². The van der Waals surface area contributed by atoms with E-state index in [0.717, 1.165) is 0 Å². The predicted molar refractivity (Wildman–Crippen MR) is 42.2 cm³/mol. The summed E-state index contributed by atoms with van der Waals surface area (Å²) >= 11 is 0. The molecule has 1 aromatic carbocycles. The Bertz CT molecular complexity index is 383. The van der Waals surface area contributed by atoms with Crippen LogP contribution in [0.25, 0.3) is 0 Å². The number of carboxylic acid groups (broad SMARTS) is 1. The molecule has 1 aromatic rings. The van der Waals surface area contributed by atoms with Crippen molar-refractivity contribution in [2.45, 2.75) is 6.10 Å². The van der Waals surface area contributed by atoms with Gasteiger partial charge in [-0.15, -0.1) is 0 Å². The van der Waals surface area contributed by atoms with E-state index in [1.165, 1.54) is 0 Å². The summed E-state index contributed by atoms with van der Waals surface area (Å²) in [7, 11) is 0. The van der Waals surface area contributed by atoms with Crippen LogP contribution in [0.4, 0.5) is 0 Å². The van der Waals surface area contributed by atoms with Gasteiger partial charge in [-0.25, -0.2) is 9.59 Å². The van der Waals surface area contributed by atoms with Gasteiger partial charge < -0.3 is 9.84 Å². The van der Waals surface area contributed by atoms with Crippen LogP contribution < -0.4 is 0 Å². The number of carbonyl (C=O) groups excluding carboxylic acids is 1. The molecule has 0 saturated carbocycles. The molecular formula is C9H6O4. The van der Waals surface area contributed by atoms with Gasteiger partial charge in [0, 0.05) is 5.56 Å². The Labute approximate surface area is 73.8 Å². The first-order chi connectivity index (χ1) is 6.20. The molecule has 0 spiro atoms. The van der Waals surface area contributed by atoms with E-state index in [2.05, 4.69) is 4.74 Å². The molecule has 1 heterocycles. The van der Waals surface area contributed by atoms with E-state index in [4.69, 9.17) is 5.11 Å². The highest BCUT2D eigenvalue weighted by atomic mass is 16.6. The van der Waals surface area contributed by atoms with Crippen LogP contribution in [0.2, 0.25) is 0 Å². The van der Waals surface area contributed by atoms with Crippen molar-refractivity contribution >= 4 is 11.9 Å². The highest BCUT2D eigenvalue weighted by Crippen LogP contribution is 2.30. The maximum Gasteiger partial charge on any atom is 0.349 e. The van der Waals surface area contributed by atoms with E-state index in [1.807, 2.05) is 0 Å². The zero-order chi connectivity index (χ0) is 9.42. The Morgan fingerprint density at radius 1 is 1.38 bits per heavy atom. The molecule has 2 rings (SSSR count). The molecule has 0 bridgehead atoms. The molecule has 1 N–H and O–H groups in total. The summed E-state index contributed by atoms with van der Waals surface area (Å²) in [5, 5.41) is 8.70. The summed E-state index contributed by atoms with van der Waals surface area (Å²) < 4.78 is 4.65. The van der Waals surface area contributed by atoms with Gasteiger partial charge in [0.15, 0.2) is 0 Å². The SMILES string of the molecule is O=C1OC(C(=O)O)c2ccccc21. The minimum absolute atomic E-state index is 0.343. The van der Waals surface area contributed by atoms with E-state index < -0.39 is 18.0 Å². The lowest BCUT2D eigenvalue weighted by molar-refractivity contribution is -0.146. The van der Waals surface area contributed by atoms with E-state index in [1.54, 1.807) is 24.3 Å². The van der Waals surface area contributed by atoms with Crippen molar-refractivity contribution in [2.24, 2.45) is 0 Å². The molecule has 0 aliphatic carbocycles. The maximum absolute atomic E-state index is 11.1. The molecule has 4 heteroatoms. The fourth-order valence-corrected chi connectivity index (χ4v) is 1.33. The number of ether oxygens (including phenoxy) is 1. The summed E-state index contributed by atoms with van der Waals surface area (Å²) in [6.07, 6.45) is -1.14. The molecule has 13 heavy (non-hydrogen) atoms. The fourth-order valence-electron chi connectivity index (χ4n) is 1.33. The van der Waals surface area contributed by atoms with Gasteiger partial charge >= 0.3 is 11.9 Å². The molecule has 0 fully saturated rings. The van der Waals surface area contributed by atoms with Gasteiger partial charge in [-0.05, 0) is 6.07 Å². The molecule has 1 unspecified atom stereocenters. The van der Waals surface area contributed by atoms with Crippen LogP contribution in [0.3, 0.4) is 0 Å². The third-order valence-corrected chi connectivity index (χ3v) is 1.91. The number of hydrogen-bond acceptors (Lipinski definition) is 3. The van der Waals surface area contributed by atoms with Crippen molar-refractivity contribution in [1.82, 2.24) is 0 Å². The Hall–Kier alpha value is -1.84. The van der Waals surface area contributed by atoms with Crippen molar-refractivity contribution < 1.29 is 19.4 Å². The Morgan fingerprint density at radius 3 is 2.77 bits per heavy atom. The van der Waals surface area contributed by atoms with Crippen molar-refractivity contribution in [3.8, 4) is 0 Å². The second-order valence-corrected chi connectivity index (χ2v) is 2.71. The number of cyclic esters (lactones) is 1. The topological polar surface area (TPSA) is 63.6 Å². The standard InChI is InChI=1S/C9H6O4/c10-8(11)7-5-3-1-2-4-6(5)9(12)13-7/h1-4,7H,(H,10,11). The highest BCUT2D eigenvalue weighted by molar-refractivity contribution is 5.98. The minimum atomic E-state index is -1.14. The molecule has 0 saturated heterocycles. The van der Waals surface area contributed by atoms with Gasteiger partial charge in [0.05, 0.1) is 5.56 Å². The first-order valence-corrected chi connectivity index (χ1v) is 3.73.